The Morgan fingerprint density at radius 2 is 2.17 bits per heavy atom. The number of nitro benzene ring substituents is 1. The van der Waals surface area contributed by atoms with Gasteiger partial charge in [0.1, 0.15) is 17.5 Å². The summed E-state index contributed by atoms with van der Waals surface area (Å²) in [6.45, 7) is 0.941. The van der Waals surface area contributed by atoms with Gasteiger partial charge in [-0.3, -0.25) is 14.9 Å². The summed E-state index contributed by atoms with van der Waals surface area (Å²) in [7, 11) is 0. The number of furan rings is 1. The number of para-hydroxylation sites is 2. The highest BCUT2D eigenvalue weighted by Gasteiger charge is 2.34. The van der Waals surface area contributed by atoms with Crippen LogP contribution < -0.4 is 10.2 Å². The Hall–Kier alpha value is -2.83. The number of rotatable bonds is 5. The lowest BCUT2D eigenvalue weighted by atomic mass is 10.1. The summed E-state index contributed by atoms with van der Waals surface area (Å²) in [5.41, 5.74) is 0.520. The SMILES string of the molecule is O=C(NCc1ccco1)C1CCCN1c1ccccc1[N+](=O)[O-]. The average molecular weight is 315 g/mol. The molecule has 1 amide bonds. The molecule has 1 aromatic carbocycles. The first-order valence-electron chi connectivity index (χ1n) is 7.47. The molecule has 1 saturated heterocycles. The number of carbonyl (C=O) groups excluding carboxylic acids is 1. The van der Waals surface area contributed by atoms with E-state index in [2.05, 4.69) is 5.32 Å². The van der Waals surface area contributed by atoms with Gasteiger partial charge >= 0.3 is 0 Å². The zero-order valence-electron chi connectivity index (χ0n) is 12.5. The van der Waals surface area contributed by atoms with E-state index in [-0.39, 0.29) is 11.6 Å². The van der Waals surface area contributed by atoms with Crippen molar-refractivity contribution in [3.8, 4) is 0 Å². The van der Waals surface area contributed by atoms with E-state index in [4.69, 9.17) is 4.42 Å². The Labute approximate surface area is 133 Å². The van der Waals surface area contributed by atoms with Crippen LogP contribution in [0.4, 0.5) is 11.4 Å². The molecule has 0 bridgehead atoms. The highest BCUT2D eigenvalue weighted by Crippen LogP contribution is 2.33. The van der Waals surface area contributed by atoms with Crippen molar-refractivity contribution in [2.75, 3.05) is 11.4 Å². The Morgan fingerprint density at radius 3 is 2.91 bits per heavy atom. The van der Waals surface area contributed by atoms with E-state index >= 15 is 0 Å². The van der Waals surface area contributed by atoms with E-state index in [9.17, 15) is 14.9 Å². The molecule has 0 aliphatic carbocycles. The zero-order chi connectivity index (χ0) is 16.2. The van der Waals surface area contributed by atoms with E-state index in [0.717, 1.165) is 6.42 Å². The van der Waals surface area contributed by atoms with Crippen molar-refractivity contribution in [1.82, 2.24) is 5.32 Å². The third kappa shape index (κ3) is 3.18. The first-order chi connectivity index (χ1) is 11.2. The van der Waals surface area contributed by atoms with Crippen LogP contribution in [0.1, 0.15) is 18.6 Å². The van der Waals surface area contributed by atoms with Crippen LogP contribution in [0, 0.1) is 10.1 Å². The van der Waals surface area contributed by atoms with Gasteiger partial charge in [0, 0.05) is 12.6 Å². The molecule has 1 aliphatic rings. The number of hydrogen-bond acceptors (Lipinski definition) is 5. The van der Waals surface area contributed by atoms with E-state index in [1.807, 2.05) is 4.90 Å². The quantitative estimate of drug-likeness (QED) is 0.676. The molecule has 2 heterocycles. The predicted octanol–water partition coefficient (Wildman–Crippen LogP) is 2.47. The van der Waals surface area contributed by atoms with Gasteiger partial charge in [0.2, 0.25) is 5.91 Å². The maximum absolute atomic E-state index is 12.4. The number of hydrogen-bond donors (Lipinski definition) is 1. The fourth-order valence-corrected chi connectivity index (χ4v) is 2.89. The fraction of sp³-hybridized carbons (Fsp3) is 0.312. The van der Waals surface area contributed by atoms with Gasteiger partial charge in [-0.25, -0.2) is 0 Å². The highest BCUT2D eigenvalue weighted by molar-refractivity contribution is 5.86. The minimum atomic E-state index is -0.411. The Morgan fingerprint density at radius 1 is 1.35 bits per heavy atom. The number of carbonyl (C=O) groups is 1. The molecular weight excluding hydrogens is 298 g/mol. The number of amides is 1. The molecule has 7 heteroatoms. The summed E-state index contributed by atoms with van der Waals surface area (Å²) >= 11 is 0. The van der Waals surface area contributed by atoms with E-state index in [1.165, 1.54) is 6.07 Å². The second-order valence-electron chi connectivity index (χ2n) is 5.39. The van der Waals surface area contributed by atoms with Crippen molar-refractivity contribution in [3.05, 3.63) is 58.5 Å². The first-order valence-corrected chi connectivity index (χ1v) is 7.47. The summed E-state index contributed by atoms with van der Waals surface area (Å²) in [6.07, 6.45) is 3.05. The summed E-state index contributed by atoms with van der Waals surface area (Å²) in [4.78, 5) is 25.0. The first kappa shape index (κ1) is 15.1. The van der Waals surface area contributed by atoms with Crippen molar-refractivity contribution in [2.45, 2.75) is 25.4 Å². The minimum Gasteiger partial charge on any atom is -0.467 e. The number of anilines is 1. The number of nitrogens with zero attached hydrogens (tertiary/aromatic N) is 2. The zero-order valence-corrected chi connectivity index (χ0v) is 12.5. The molecule has 3 rings (SSSR count). The van der Waals surface area contributed by atoms with Crippen LogP contribution in [0.15, 0.2) is 47.1 Å². The lowest BCUT2D eigenvalue weighted by Crippen LogP contribution is -2.43. The van der Waals surface area contributed by atoms with Crippen LogP contribution >= 0.6 is 0 Å². The summed E-state index contributed by atoms with van der Waals surface area (Å²) in [5.74, 6) is 0.533. The smallest absolute Gasteiger partial charge is 0.292 e. The fourth-order valence-electron chi connectivity index (χ4n) is 2.89. The van der Waals surface area contributed by atoms with Crippen molar-refractivity contribution < 1.29 is 14.1 Å². The summed E-state index contributed by atoms with van der Waals surface area (Å²) < 4.78 is 5.19. The number of nitrogens with one attached hydrogen (secondary N) is 1. The Bertz CT molecular complexity index is 699. The van der Waals surface area contributed by atoms with Gasteiger partial charge < -0.3 is 14.6 Å². The molecule has 1 aliphatic heterocycles. The molecule has 7 nitrogen and oxygen atoms in total. The van der Waals surface area contributed by atoms with E-state index in [0.29, 0.717) is 31.0 Å². The van der Waals surface area contributed by atoms with Crippen molar-refractivity contribution in [3.63, 3.8) is 0 Å². The topological polar surface area (TPSA) is 88.6 Å². The van der Waals surface area contributed by atoms with Crippen LogP contribution in [0.3, 0.4) is 0 Å². The van der Waals surface area contributed by atoms with Gasteiger partial charge in [-0.15, -0.1) is 0 Å². The van der Waals surface area contributed by atoms with Gasteiger partial charge in [-0.05, 0) is 31.0 Å². The van der Waals surface area contributed by atoms with Crippen molar-refractivity contribution in [2.24, 2.45) is 0 Å². The van der Waals surface area contributed by atoms with Crippen LogP contribution in [-0.2, 0) is 11.3 Å². The molecule has 0 spiro atoms. The van der Waals surface area contributed by atoms with Crippen LogP contribution in [0.5, 0.6) is 0 Å². The second kappa shape index (κ2) is 6.51. The molecule has 1 atom stereocenters. The normalized spacial score (nSPS) is 17.2. The largest absolute Gasteiger partial charge is 0.467 e. The van der Waals surface area contributed by atoms with Crippen LogP contribution in [-0.4, -0.2) is 23.4 Å². The second-order valence-corrected chi connectivity index (χ2v) is 5.39. The lowest BCUT2D eigenvalue weighted by Gasteiger charge is -2.25. The molecule has 2 aromatic rings. The van der Waals surface area contributed by atoms with Gasteiger partial charge in [0.15, 0.2) is 0 Å². The molecular formula is C16H17N3O4. The number of benzene rings is 1. The molecule has 1 unspecified atom stereocenters. The van der Waals surface area contributed by atoms with E-state index in [1.54, 1.807) is 36.6 Å². The molecule has 23 heavy (non-hydrogen) atoms. The summed E-state index contributed by atoms with van der Waals surface area (Å²) in [5, 5.41) is 14.0. The molecule has 0 radical (unpaired) electrons. The van der Waals surface area contributed by atoms with Crippen molar-refractivity contribution in [1.29, 1.82) is 0 Å². The maximum Gasteiger partial charge on any atom is 0.292 e. The monoisotopic (exact) mass is 315 g/mol. The van der Waals surface area contributed by atoms with Crippen LogP contribution in [0.2, 0.25) is 0 Å². The Balaban J connectivity index is 1.75. The lowest BCUT2D eigenvalue weighted by molar-refractivity contribution is -0.384. The van der Waals surface area contributed by atoms with Gasteiger partial charge in [0.05, 0.1) is 17.7 Å². The van der Waals surface area contributed by atoms with E-state index < -0.39 is 11.0 Å². The third-order valence-electron chi connectivity index (χ3n) is 3.96. The standard InChI is InChI=1S/C16H17N3O4/c20-16(17-11-12-5-4-10-23-12)15-8-3-9-18(15)13-6-1-2-7-14(13)19(21)22/h1-2,4-7,10,15H,3,8-9,11H2,(H,17,20). The third-order valence-corrected chi connectivity index (χ3v) is 3.96. The summed E-state index contributed by atoms with van der Waals surface area (Å²) in [6, 6.07) is 9.68. The van der Waals surface area contributed by atoms with Gasteiger partial charge in [0.25, 0.3) is 5.69 Å². The molecule has 1 fully saturated rings. The average Bonchev–Trinajstić information content (AvgIpc) is 3.24. The molecule has 120 valence electrons. The maximum atomic E-state index is 12.4. The number of nitro groups is 1. The predicted molar refractivity (Wildman–Crippen MR) is 84.0 cm³/mol. The molecule has 0 saturated carbocycles. The molecule has 1 N–H and O–H groups in total. The van der Waals surface area contributed by atoms with Crippen LogP contribution in [0.25, 0.3) is 0 Å². The van der Waals surface area contributed by atoms with Gasteiger partial charge in [-0.2, -0.15) is 0 Å². The highest BCUT2D eigenvalue weighted by atomic mass is 16.6. The Kier molecular flexibility index (Phi) is 4.27. The van der Waals surface area contributed by atoms with Crippen molar-refractivity contribution >= 4 is 17.3 Å². The minimum absolute atomic E-state index is 0.0261. The van der Waals surface area contributed by atoms with Gasteiger partial charge in [-0.1, -0.05) is 12.1 Å². The molecule has 1 aromatic heterocycles.